The highest BCUT2D eigenvalue weighted by Crippen LogP contribution is 2.30. The first kappa shape index (κ1) is 25.3. The summed E-state index contributed by atoms with van der Waals surface area (Å²) >= 11 is 6.08. The molecule has 0 aliphatic heterocycles. The maximum Gasteiger partial charge on any atom is 0.407 e. The molecule has 0 aliphatic rings. The van der Waals surface area contributed by atoms with Crippen molar-refractivity contribution in [3.05, 3.63) is 95.4 Å². The maximum atomic E-state index is 12.2. The van der Waals surface area contributed by atoms with Gasteiger partial charge in [0.05, 0.1) is 24.5 Å². The molecule has 2 aromatic carbocycles. The Balaban J connectivity index is 1.80. The Kier molecular flexibility index (Phi) is 7.67. The highest BCUT2D eigenvalue weighted by atomic mass is 35.5. The molecule has 9 heteroatoms. The van der Waals surface area contributed by atoms with Crippen molar-refractivity contribution < 1.29 is 14.6 Å². The first-order chi connectivity index (χ1) is 17.2. The largest absolute Gasteiger partial charge is 0.465 e. The Hall–Kier alpha value is -3.75. The van der Waals surface area contributed by atoms with Gasteiger partial charge in [-0.2, -0.15) is 9.78 Å². The third-order valence-electron chi connectivity index (χ3n) is 5.63. The number of carbonyl (C=O) groups is 1. The molecule has 0 spiro atoms. The summed E-state index contributed by atoms with van der Waals surface area (Å²) in [5, 5.41) is 15.4. The average molecular weight is 506 g/mol. The molecule has 2 heterocycles. The number of hydrogen-bond acceptors (Lipinski definition) is 5. The van der Waals surface area contributed by atoms with Gasteiger partial charge in [0.1, 0.15) is 6.10 Å². The molecule has 0 fully saturated rings. The van der Waals surface area contributed by atoms with Crippen LogP contribution in [0.1, 0.15) is 38.1 Å². The molecule has 1 atom stereocenters. The molecule has 0 radical (unpaired) electrons. The van der Waals surface area contributed by atoms with Crippen LogP contribution in [-0.2, 0) is 11.3 Å². The number of benzene rings is 2. The molecule has 1 N–H and O–H groups in total. The molecule has 4 aromatic rings. The van der Waals surface area contributed by atoms with Gasteiger partial charge < -0.3 is 14.7 Å². The molecule has 0 saturated carbocycles. The standard InChI is InChI=1S/C27H28ClN5O3/c1-27(2,3)32(26(34)35)17-24(36-18-19-8-5-4-6-9-19)23-16-22(20-10-12-21(28)13-11-20)31-33(23)25-29-14-7-15-30-25/h4-16,24H,17-18H2,1-3H3,(H,34,35). The average Bonchev–Trinajstić information content (AvgIpc) is 3.30. The second kappa shape index (κ2) is 10.9. The van der Waals surface area contributed by atoms with Crippen LogP contribution in [0.4, 0.5) is 4.79 Å². The van der Waals surface area contributed by atoms with Gasteiger partial charge in [-0.05, 0) is 50.6 Å². The zero-order chi connectivity index (χ0) is 25.7. The smallest absolute Gasteiger partial charge is 0.407 e. The van der Waals surface area contributed by atoms with E-state index in [9.17, 15) is 9.90 Å². The van der Waals surface area contributed by atoms with Crippen LogP contribution in [0.2, 0.25) is 5.02 Å². The van der Waals surface area contributed by atoms with E-state index in [1.165, 1.54) is 4.90 Å². The van der Waals surface area contributed by atoms with Gasteiger partial charge in [-0.15, -0.1) is 0 Å². The number of nitrogens with zero attached hydrogens (tertiary/aromatic N) is 5. The number of hydrogen-bond donors (Lipinski definition) is 1. The Bertz CT molecular complexity index is 1290. The summed E-state index contributed by atoms with van der Waals surface area (Å²) in [4.78, 5) is 22.3. The second-order valence-corrected chi connectivity index (χ2v) is 9.71. The fourth-order valence-electron chi connectivity index (χ4n) is 3.75. The molecule has 2 aromatic heterocycles. The lowest BCUT2D eigenvalue weighted by Gasteiger charge is -2.35. The van der Waals surface area contributed by atoms with Crippen molar-refractivity contribution in [2.75, 3.05) is 6.54 Å². The lowest BCUT2D eigenvalue weighted by Crippen LogP contribution is -2.47. The minimum absolute atomic E-state index is 0.0876. The predicted octanol–water partition coefficient (Wildman–Crippen LogP) is 6.02. The van der Waals surface area contributed by atoms with Crippen molar-refractivity contribution in [3.8, 4) is 17.2 Å². The molecule has 0 bridgehead atoms. The molecular formula is C27H28ClN5O3. The van der Waals surface area contributed by atoms with Crippen LogP contribution in [0.3, 0.4) is 0 Å². The van der Waals surface area contributed by atoms with E-state index in [1.54, 1.807) is 35.3 Å². The molecule has 4 rings (SSSR count). The maximum absolute atomic E-state index is 12.2. The van der Waals surface area contributed by atoms with Crippen LogP contribution < -0.4 is 0 Å². The quantitative estimate of drug-likeness (QED) is 0.315. The molecule has 0 aliphatic carbocycles. The molecule has 1 unspecified atom stereocenters. The molecule has 8 nitrogen and oxygen atoms in total. The van der Waals surface area contributed by atoms with E-state index in [4.69, 9.17) is 21.4 Å². The van der Waals surface area contributed by atoms with Crippen LogP contribution in [0.5, 0.6) is 0 Å². The normalized spacial score (nSPS) is 12.3. The Labute approximate surface area is 215 Å². The number of rotatable bonds is 8. The Morgan fingerprint density at radius 1 is 1.06 bits per heavy atom. The summed E-state index contributed by atoms with van der Waals surface area (Å²) < 4.78 is 7.99. The van der Waals surface area contributed by atoms with Gasteiger partial charge in [0.15, 0.2) is 0 Å². The summed E-state index contributed by atoms with van der Waals surface area (Å²) in [5.74, 6) is 0.360. The van der Waals surface area contributed by atoms with E-state index in [0.29, 0.717) is 29.0 Å². The third-order valence-corrected chi connectivity index (χ3v) is 5.88. The number of aromatic nitrogens is 4. The predicted molar refractivity (Wildman–Crippen MR) is 138 cm³/mol. The fraction of sp³-hybridized carbons (Fsp3) is 0.259. The monoisotopic (exact) mass is 505 g/mol. The van der Waals surface area contributed by atoms with Gasteiger partial charge in [0.2, 0.25) is 0 Å². The number of ether oxygens (including phenoxy) is 1. The van der Waals surface area contributed by atoms with Crippen molar-refractivity contribution in [3.63, 3.8) is 0 Å². The summed E-state index contributed by atoms with van der Waals surface area (Å²) in [5.41, 5.74) is 2.48. The summed E-state index contributed by atoms with van der Waals surface area (Å²) in [7, 11) is 0. The van der Waals surface area contributed by atoms with Crippen molar-refractivity contribution in [2.45, 2.75) is 39.0 Å². The zero-order valence-corrected chi connectivity index (χ0v) is 21.1. The lowest BCUT2D eigenvalue weighted by atomic mass is 10.0. The molecule has 0 saturated heterocycles. The van der Waals surface area contributed by atoms with Crippen LogP contribution >= 0.6 is 11.6 Å². The van der Waals surface area contributed by atoms with Crippen LogP contribution in [0, 0.1) is 0 Å². The Morgan fingerprint density at radius 3 is 2.33 bits per heavy atom. The molecular weight excluding hydrogens is 478 g/mol. The highest BCUT2D eigenvalue weighted by molar-refractivity contribution is 6.30. The van der Waals surface area contributed by atoms with E-state index in [0.717, 1.165) is 11.1 Å². The van der Waals surface area contributed by atoms with Gasteiger partial charge in [-0.3, -0.25) is 0 Å². The number of carboxylic acid groups (broad SMARTS) is 1. The molecule has 36 heavy (non-hydrogen) atoms. The van der Waals surface area contributed by atoms with Crippen LogP contribution in [0.15, 0.2) is 79.1 Å². The number of amides is 1. The van der Waals surface area contributed by atoms with Crippen LogP contribution in [0.25, 0.3) is 17.2 Å². The van der Waals surface area contributed by atoms with E-state index in [1.807, 2.05) is 69.3 Å². The fourth-order valence-corrected chi connectivity index (χ4v) is 3.88. The first-order valence-electron chi connectivity index (χ1n) is 11.5. The molecule has 186 valence electrons. The van der Waals surface area contributed by atoms with Crippen molar-refractivity contribution in [2.24, 2.45) is 0 Å². The van der Waals surface area contributed by atoms with Gasteiger partial charge in [0.25, 0.3) is 5.95 Å². The summed E-state index contributed by atoms with van der Waals surface area (Å²) in [6.45, 7) is 5.94. The second-order valence-electron chi connectivity index (χ2n) is 9.27. The van der Waals surface area contributed by atoms with E-state index < -0.39 is 17.7 Å². The van der Waals surface area contributed by atoms with Gasteiger partial charge in [0, 0.05) is 28.5 Å². The minimum Gasteiger partial charge on any atom is -0.465 e. The summed E-state index contributed by atoms with van der Waals surface area (Å²) in [6, 6.07) is 20.7. The SMILES string of the molecule is CC(C)(C)N(CC(OCc1ccccc1)c1cc(-c2ccc(Cl)cc2)nn1-c1ncccn1)C(=O)O. The van der Waals surface area contributed by atoms with E-state index >= 15 is 0 Å². The number of halogens is 1. The van der Waals surface area contributed by atoms with Crippen LogP contribution in [-0.4, -0.2) is 47.9 Å². The van der Waals surface area contributed by atoms with Crippen molar-refractivity contribution in [1.82, 2.24) is 24.6 Å². The van der Waals surface area contributed by atoms with E-state index in [2.05, 4.69) is 9.97 Å². The minimum atomic E-state index is -1.03. The first-order valence-corrected chi connectivity index (χ1v) is 11.9. The molecule has 1 amide bonds. The lowest BCUT2D eigenvalue weighted by molar-refractivity contribution is -0.00576. The van der Waals surface area contributed by atoms with Crippen molar-refractivity contribution in [1.29, 1.82) is 0 Å². The topological polar surface area (TPSA) is 93.4 Å². The van der Waals surface area contributed by atoms with Gasteiger partial charge in [-0.25, -0.2) is 14.8 Å². The third kappa shape index (κ3) is 6.08. The Morgan fingerprint density at radius 2 is 1.72 bits per heavy atom. The summed E-state index contributed by atoms with van der Waals surface area (Å²) in [6.07, 6.45) is 1.58. The van der Waals surface area contributed by atoms with E-state index in [-0.39, 0.29) is 6.54 Å². The highest BCUT2D eigenvalue weighted by Gasteiger charge is 2.32. The van der Waals surface area contributed by atoms with Gasteiger partial charge in [-0.1, -0.05) is 54.1 Å². The van der Waals surface area contributed by atoms with Gasteiger partial charge >= 0.3 is 6.09 Å². The van der Waals surface area contributed by atoms with Crippen molar-refractivity contribution >= 4 is 17.7 Å². The zero-order valence-electron chi connectivity index (χ0n) is 20.4.